The maximum Gasteiger partial charge on any atom is 0.343 e. The lowest BCUT2D eigenvalue weighted by molar-refractivity contribution is 0.0698. The van der Waals surface area contributed by atoms with E-state index in [4.69, 9.17) is 4.52 Å². The van der Waals surface area contributed by atoms with Crippen molar-refractivity contribution >= 4 is 24.2 Å². The number of aromatic carboxylic acids is 1. The zero-order chi connectivity index (χ0) is 15.1. The Kier molecular flexibility index (Phi) is 4.28. The van der Waals surface area contributed by atoms with Crippen molar-refractivity contribution in [2.24, 2.45) is 5.92 Å². The third-order valence-corrected chi connectivity index (χ3v) is 4.59. The number of hydrogen-bond acceptors (Lipinski definition) is 5. The lowest BCUT2D eigenvalue weighted by Gasteiger charge is -2.16. The summed E-state index contributed by atoms with van der Waals surface area (Å²) in [6.07, 6.45) is 1.13. The van der Waals surface area contributed by atoms with Gasteiger partial charge in [0, 0.05) is 24.7 Å². The molecule has 0 radical (unpaired) electrons. The van der Waals surface area contributed by atoms with E-state index in [2.05, 4.69) is 10.5 Å². The van der Waals surface area contributed by atoms with Crippen molar-refractivity contribution in [3.8, 4) is 11.3 Å². The smallest absolute Gasteiger partial charge is 0.343 e. The Hall–Kier alpha value is -2.05. The van der Waals surface area contributed by atoms with Crippen molar-refractivity contribution in [2.75, 3.05) is 24.5 Å². The molecule has 4 rings (SSSR count). The predicted molar refractivity (Wildman–Crippen MR) is 88.3 cm³/mol. The van der Waals surface area contributed by atoms with Gasteiger partial charge in [0.1, 0.15) is 0 Å². The van der Waals surface area contributed by atoms with Crippen LogP contribution in [0.3, 0.4) is 0 Å². The molecule has 1 aromatic heterocycles. The van der Waals surface area contributed by atoms with Gasteiger partial charge in [-0.3, -0.25) is 0 Å². The Bertz CT molecular complexity index is 692. The molecule has 0 saturated carbocycles. The molecule has 7 heteroatoms. The average Bonchev–Trinajstić information content (AvgIpc) is 3.21. The molecule has 1 aromatic carbocycles. The Morgan fingerprint density at radius 1 is 1.30 bits per heavy atom. The largest absolute Gasteiger partial charge is 0.477 e. The zero-order valence-electron chi connectivity index (χ0n) is 12.4. The van der Waals surface area contributed by atoms with Crippen molar-refractivity contribution in [3.05, 3.63) is 35.9 Å². The lowest BCUT2D eigenvalue weighted by atomic mass is 10.1. The summed E-state index contributed by atoms with van der Waals surface area (Å²) in [6, 6.07) is 9.68. The Balaban J connectivity index is 0.00000156. The van der Waals surface area contributed by atoms with Crippen LogP contribution >= 0.6 is 12.4 Å². The summed E-state index contributed by atoms with van der Waals surface area (Å²) in [5.74, 6) is 0.342. The molecule has 0 spiro atoms. The van der Waals surface area contributed by atoms with E-state index in [-0.39, 0.29) is 18.0 Å². The number of carboxylic acid groups (broad SMARTS) is 1. The average molecular weight is 336 g/mol. The number of nitrogens with zero attached hydrogens (tertiary/aromatic N) is 2. The van der Waals surface area contributed by atoms with Crippen LogP contribution in [0.1, 0.15) is 16.8 Å². The van der Waals surface area contributed by atoms with E-state index < -0.39 is 5.97 Å². The second-order valence-corrected chi connectivity index (χ2v) is 5.90. The summed E-state index contributed by atoms with van der Waals surface area (Å²) < 4.78 is 5.38. The van der Waals surface area contributed by atoms with Crippen LogP contribution in [0.25, 0.3) is 11.3 Å². The number of rotatable bonds is 3. The Morgan fingerprint density at radius 3 is 2.78 bits per heavy atom. The molecule has 0 bridgehead atoms. The number of nitrogens with one attached hydrogen (secondary N) is 1. The van der Waals surface area contributed by atoms with Gasteiger partial charge in [0.05, 0.1) is 0 Å². The molecule has 2 N–H and O–H groups in total. The second-order valence-electron chi connectivity index (χ2n) is 5.90. The van der Waals surface area contributed by atoms with Crippen LogP contribution in [0.5, 0.6) is 0 Å². The number of fused-ring (bicyclic) bond motifs is 1. The number of hydrogen-bond donors (Lipinski definition) is 2. The number of anilines is 1. The molecule has 2 atom stereocenters. The SMILES string of the molecule is Cl.O=C(O)c1c(N2C[C@@H]3CCN[C@@H]3C2)noc1-c1ccccc1. The molecular formula is C16H18ClN3O3. The van der Waals surface area contributed by atoms with Gasteiger partial charge < -0.3 is 19.8 Å². The van der Waals surface area contributed by atoms with Crippen LogP contribution in [-0.4, -0.2) is 41.9 Å². The van der Waals surface area contributed by atoms with Crippen molar-refractivity contribution in [1.82, 2.24) is 10.5 Å². The summed E-state index contributed by atoms with van der Waals surface area (Å²) in [6.45, 7) is 2.66. The number of benzene rings is 1. The molecule has 2 aliphatic rings. The number of halogens is 1. The van der Waals surface area contributed by atoms with E-state index in [0.717, 1.165) is 31.6 Å². The van der Waals surface area contributed by atoms with Crippen LogP contribution in [0.15, 0.2) is 34.9 Å². The molecule has 0 unspecified atom stereocenters. The number of carbonyl (C=O) groups is 1. The molecule has 23 heavy (non-hydrogen) atoms. The summed E-state index contributed by atoms with van der Waals surface area (Å²) in [5, 5.41) is 17.1. The van der Waals surface area contributed by atoms with E-state index in [1.807, 2.05) is 35.2 Å². The van der Waals surface area contributed by atoms with Crippen molar-refractivity contribution in [3.63, 3.8) is 0 Å². The highest BCUT2D eigenvalue weighted by molar-refractivity contribution is 5.99. The van der Waals surface area contributed by atoms with Crippen LogP contribution in [-0.2, 0) is 0 Å². The molecule has 2 aliphatic heterocycles. The van der Waals surface area contributed by atoms with Gasteiger partial charge in [-0.15, -0.1) is 12.4 Å². The maximum atomic E-state index is 11.7. The van der Waals surface area contributed by atoms with E-state index in [9.17, 15) is 9.90 Å². The van der Waals surface area contributed by atoms with Gasteiger partial charge >= 0.3 is 5.97 Å². The molecule has 3 heterocycles. The van der Waals surface area contributed by atoms with Gasteiger partial charge in [-0.05, 0) is 18.9 Å². The van der Waals surface area contributed by atoms with Crippen LogP contribution < -0.4 is 10.2 Å². The van der Waals surface area contributed by atoms with Gasteiger partial charge in [-0.2, -0.15) is 0 Å². The topological polar surface area (TPSA) is 78.6 Å². The third kappa shape index (κ3) is 2.68. The molecule has 2 aromatic rings. The minimum absolute atomic E-state index is 0. The van der Waals surface area contributed by atoms with Gasteiger partial charge in [-0.1, -0.05) is 35.5 Å². The summed E-state index contributed by atoms with van der Waals surface area (Å²) >= 11 is 0. The Labute approximate surface area is 139 Å². The molecule has 6 nitrogen and oxygen atoms in total. The number of aromatic nitrogens is 1. The van der Waals surface area contributed by atoms with Gasteiger partial charge in [0.25, 0.3) is 0 Å². The first-order valence-electron chi connectivity index (χ1n) is 7.51. The highest BCUT2D eigenvalue weighted by Crippen LogP contribution is 2.35. The lowest BCUT2D eigenvalue weighted by Crippen LogP contribution is -2.30. The second kappa shape index (κ2) is 6.22. The van der Waals surface area contributed by atoms with E-state index in [1.165, 1.54) is 0 Å². The Morgan fingerprint density at radius 2 is 2.09 bits per heavy atom. The quantitative estimate of drug-likeness (QED) is 0.895. The molecular weight excluding hydrogens is 318 g/mol. The fourth-order valence-electron chi connectivity index (χ4n) is 3.50. The van der Waals surface area contributed by atoms with Crippen molar-refractivity contribution < 1.29 is 14.4 Å². The standard InChI is InChI=1S/C16H17N3O3.ClH/c20-16(21)13-14(10-4-2-1-3-5-10)22-18-15(13)19-8-11-6-7-17-12(11)9-19;/h1-5,11-12,17H,6-9H2,(H,20,21);1H/t11-,12+;/m0./s1. The summed E-state index contributed by atoms with van der Waals surface area (Å²) in [5.41, 5.74) is 0.891. The zero-order valence-corrected chi connectivity index (χ0v) is 13.3. The van der Waals surface area contributed by atoms with E-state index >= 15 is 0 Å². The summed E-state index contributed by atoms with van der Waals surface area (Å²) in [4.78, 5) is 13.8. The van der Waals surface area contributed by atoms with Gasteiger partial charge in [0.15, 0.2) is 17.1 Å². The maximum absolute atomic E-state index is 11.7. The fourth-order valence-corrected chi connectivity index (χ4v) is 3.50. The fraction of sp³-hybridized carbons (Fsp3) is 0.375. The van der Waals surface area contributed by atoms with Crippen LogP contribution in [0.4, 0.5) is 5.82 Å². The molecule has 0 amide bonds. The minimum atomic E-state index is -1.000. The molecule has 2 fully saturated rings. The molecule has 122 valence electrons. The predicted octanol–water partition coefficient (Wildman–Crippen LogP) is 2.26. The normalized spacial score (nSPS) is 22.7. The first-order chi connectivity index (χ1) is 10.7. The third-order valence-electron chi connectivity index (χ3n) is 4.59. The first kappa shape index (κ1) is 15.8. The van der Waals surface area contributed by atoms with Gasteiger partial charge in [0.2, 0.25) is 0 Å². The van der Waals surface area contributed by atoms with Gasteiger partial charge in [-0.25, -0.2) is 4.79 Å². The highest BCUT2D eigenvalue weighted by Gasteiger charge is 2.39. The summed E-state index contributed by atoms with van der Waals surface area (Å²) in [7, 11) is 0. The number of carboxylic acids is 1. The molecule has 0 aliphatic carbocycles. The van der Waals surface area contributed by atoms with E-state index in [1.54, 1.807) is 0 Å². The van der Waals surface area contributed by atoms with E-state index in [0.29, 0.717) is 23.5 Å². The van der Waals surface area contributed by atoms with Crippen LogP contribution in [0, 0.1) is 5.92 Å². The minimum Gasteiger partial charge on any atom is -0.477 e. The van der Waals surface area contributed by atoms with Crippen LogP contribution in [0.2, 0.25) is 0 Å². The van der Waals surface area contributed by atoms with Crippen molar-refractivity contribution in [2.45, 2.75) is 12.5 Å². The van der Waals surface area contributed by atoms with Crippen molar-refractivity contribution in [1.29, 1.82) is 0 Å². The highest BCUT2D eigenvalue weighted by atomic mass is 35.5. The first-order valence-corrected chi connectivity index (χ1v) is 7.51. The molecule has 2 saturated heterocycles. The monoisotopic (exact) mass is 335 g/mol.